The first kappa shape index (κ1) is 20.2. The lowest BCUT2D eigenvalue weighted by molar-refractivity contribution is -0.143. The Balaban J connectivity index is 0.00000400. The van der Waals surface area contributed by atoms with Crippen molar-refractivity contribution in [1.29, 1.82) is 0 Å². The summed E-state index contributed by atoms with van der Waals surface area (Å²) in [6, 6.07) is -0.356. The molecule has 124 valence electrons. The molecular weight excluding hydrogens is 290 g/mol. The Labute approximate surface area is 134 Å². The van der Waals surface area contributed by atoms with Gasteiger partial charge in [-0.3, -0.25) is 9.59 Å². The van der Waals surface area contributed by atoms with Gasteiger partial charge in [-0.25, -0.2) is 0 Å². The molecular formula is C15H30ClN3O2. The second-order valence-corrected chi connectivity index (χ2v) is 6.90. The Morgan fingerprint density at radius 3 is 2.48 bits per heavy atom. The van der Waals surface area contributed by atoms with Crippen molar-refractivity contribution in [2.75, 3.05) is 13.1 Å². The van der Waals surface area contributed by atoms with Crippen molar-refractivity contribution in [3.8, 4) is 0 Å². The van der Waals surface area contributed by atoms with Gasteiger partial charge in [0.1, 0.15) is 6.04 Å². The summed E-state index contributed by atoms with van der Waals surface area (Å²) < 4.78 is 0. The highest BCUT2D eigenvalue weighted by atomic mass is 35.5. The molecule has 0 aromatic heterocycles. The number of hydrogen-bond donors (Lipinski definition) is 2. The standard InChI is InChI=1S/C15H29N3O2.ClH/c1-11(2)9-12(14(20)17-10-15(3,4)16)18-8-6-5-7-13(18)19;/h11-12H,5-10,16H2,1-4H3,(H,17,20);1H. The van der Waals surface area contributed by atoms with Crippen LogP contribution in [0.15, 0.2) is 0 Å². The average Bonchev–Trinajstić information content (AvgIpc) is 2.33. The number of amides is 2. The lowest BCUT2D eigenvalue weighted by atomic mass is 9.98. The molecule has 5 nitrogen and oxygen atoms in total. The molecule has 0 aromatic rings. The summed E-state index contributed by atoms with van der Waals surface area (Å²) in [6.07, 6.45) is 3.17. The van der Waals surface area contributed by atoms with Crippen LogP contribution in [0.4, 0.5) is 0 Å². The van der Waals surface area contributed by atoms with Crippen molar-refractivity contribution >= 4 is 24.2 Å². The van der Waals surface area contributed by atoms with Crippen LogP contribution in [0.5, 0.6) is 0 Å². The van der Waals surface area contributed by atoms with Crippen LogP contribution in [-0.2, 0) is 9.59 Å². The molecule has 0 bridgehead atoms. The van der Waals surface area contributed by atoms with Crippen molar-refractivity contribution in [2.45, 2.75) is 65.0 Å². The highest BCUT2D eigenvalue weighted by Gasteiger charge is 2.32. The van der Waals surface area contributed by atoms with E-state index in [1.807, 2.05) is 13.8 Å². The number of likely N-dealkylation sites (tertiary alicyclic amines) is 1. The number of rotatable bonds is 6. The van der Waals surface area contributed by atoms with Crippen LogP contribution >= 0.6 is 12.4 Å². The quantitative estimate of drug-likeness (QED) is 0.782. The Kier molecular flexibility index (Phi) is 8.26. The summed E-state index contributed by atoms with van der Waals surface area (Å²) in [5, 5.41) is 2.89. The van der Waals surface area contributed by atoms with Crippen LogP contribution in [-0.4, -0.2) is 41.4 Å². The molecule has 0 aromatic carbocycles. The third-order valence-electron chi connectivity index (χ3n) is 3.45. The fourth-order valence-electron chi connectivity index (χ4n) is 2.41. The SMILES string of the molecule is CC(C)CC(C(=O)NCC(C)(C)N)N1CCCCC1=O.Cl. The van der Waals surface area contributed by atoms with Gasteiger partial charge < -0.3 is 16.0 Å². The van der Waals surface area contributed by atoms with E-state index in [1.165, 1.54) is 0 Å². The molecule has 0 aliphatic carbocycles. The van der Waals surface area contributed by atoms with Gasteiger partial charge in [0.05, 0.1) is 0 Å². The van der Waals surface area contributed by atoms with Crippen molar-refractivity contribution in [2.24, 2.45) is 11.7 Å². The predicted octanol–water partition coefficient (Wildman–Crippen LogP) is 1.69. The van der Waals surface area contributed by atoms with Crippen molar-refractivity contribution in [1.82, 2.24) is 10.2 Å². The largest absolute Gasteiger partial charge is 0.352 e. The molecule has 2 amide bonds. The Bertz CT molecular complexity index is 353. The molecule has 1 aliphatic rings. The maximum absolute atomic E-state index is 12.4. The van der Waals surface area contributed by atoms with Gasteiger partial charge in [0.15, 0.2) is 0 Å². The zero-order valence-corrected chi connectivity index (χ0v) is 14.5. The van der Waals surface area contributed by atoms with E-state index in [9.17, 15) is 9.59 Å². The molecule has 1 atom stereocenters. The van der Waals surface area contributed by atoms with Crippen LogP contribution in [0, 0.1) is 5.92 Å². The van der Waals surface area contributed by atoms with E-state index >= 15 is 0 Å². The summed E-state index contributed by atoms with van der Waals surface area (Å²) in [6.45, 7) is 8.99. The van der Waals surface area contributed by atoms with Gasteiger partial charge in [-0.15, -0.1) is 12.4 Å². The molecule has 6 heteroatoms. The molecule has 0 radical (unpaired) electrons. The van der Waals surface area contributed by atoms with Crippen molar-refractivity contribution in [3.63, 3.8) is 0 Å². The number of hydrogen-bond acceptors (Lipinski definition) is 3. The molecule has 1 rings (SSSR count). The average molecular weight is 320 g/mol. The smallest absolute Gasteiger partial charge is 0.242 e. The van der Waals surface area contributed by atoms with E-state index in [-0.39, 0.29) is 30.3 Å². The van der Waals surface area contributed by atoms with Crippen LogP contribution in [0.1, 0.15) is 53.4 Å². The van der Waals surface area contributed by atoms with Gasteiger partial charge in [0.25, 0.3) is 0 Å². The zero-order chi connectivity index (χ0) is 15.3. The third-order valence-corrected chi connectivity index (χ3v) is 3.45. The second kappa shape index (κ2) is 8.59. The molecule has 1 fully saturated rings. The number of nitrogens with two attached hydrogens (primary N) is 1. The molecule has 1 heterocycles. The summed E-state index contributed by atoms with van der Waals surface area (Å²) in [4.78, 5) is 26.2. The number of piperidine rings is 1. The van der Waals surface area contributed by atoms with Gasteiger partial charge in [0, 0.05) is 25.0 Å². The third kappa shape index (κ3) is 7.14. The minimum absolute atomic E-state index is 0. The highest BCUT2D eigenvalue weighted by Crippen LogP contribution is 2.19. The maximum Gasteiger partial charge on any atom is 0.242 e. The van der Waals surface area contributed by atoms with E-state index in [2.05, 4.69) is 19.2 Å². The minimum atomic E-state index is -0.441. The number of nitrogens with zero attached hydrogens (tertiary/aromatic N) is 1. The van der Waals surface area contributed by atoms with Crippen molar-refractivity contribution < 1.29 is 9.59 Å². The van der Waals surface area contributed by atoms with E-state index in [1.54, 1.807) is 4.90 Å². The summed E-state index contributed by atoms with van der Waals surface area (Å²) in [5.41, 5.74) is 5.46. The van der Waals surface area contributed by atoms with E-state index < -0.39 is 5.54 Å². The Morgan fingerprint density at radius 1 is 1.38 bits per heavy atom. The topological polar surface area (TPSA) is 75.4 Å². The van der Waals surface area contributed by atoms with Gasteiger partial charge in [-0.1, -0.05) is 13.8 Å². The van der Waals surface area contributed by atoms with Crippen LogP contribution < -0.4 is 11.1 Å². The van der Waals surface area contributed by atoms with Crippen LogP contribution in [0.25, 0.3) is 0 Å². The van der Waals surface area contributed by atoms with Gasteiger partial charge in [-0.05, 0) is 39.0 Å². The summed E-state index contributed by atoms with van der Waals surface area (Å²) in [7, 11) is 0. The first-order valence-corrected chi connectivity index (χ1v) is 7.57. The van der Waals surface area contributed by atoms with Crippen LogP contribution in [0.3, 0.4) is 0 Å². The number of nitrogens with one attached hydrogen (secondary N) is 1. The molecule has 0 spiro atoms. The first-order valence-electron chi connectivity index (χ1n) is 7.57. The highest BCUT2D eigenvalue weighted by molar-refractivity contribution is 5.88. The van der Waals surface area contributed by atoms with E-state index in [0.717, 1.165) is 12.8 Å². The first-order chi connectivity index (χ1) is 9.20. The molecule has 21 heavy (non-hydrogen) atoms. The number of carbonyl (C=O) groups excluding carboxylic acids is 2. The number of carbonyl (C=O) groups is 2. The molecule has 1 saturated heterocycles. The minimum Gasteiger partial charge on any atom is -0.352 e. The fraction of sp³-hybridized carbons (Fsp3) is 0.867. The molecule has 0 saturated carbocycles. The lowest BCUT2D eigenvalue weighted by Gasteiger charge is -2.35. The lowest BCUT2D eigenvalue weighted by Crippen LogP contribution is -2.54. The summed E-state index contributed by atoms with van der Waals surface area (Å²) in [5.74, 6) is 0.392. The monoisotopic (exact) mass is 319 g/mol. The van der Waals surface area contributed by atoms with E-state index in [0.29, 0.717) is 31.8 Å². The maximum atomic E-state index is 12.4. The Hall–Kier alpha value is -0.810. The molecule has 1 unspecified atom stereocenters. The van der Waals surface area contributed by atoms with Gasteiger partial charge >= 0.3 is 0 Å². The molecule has 3 N–H and O–H groups in total. The Morgan fingerprint density at radius 2 is 2.00 bits per heavy atom. The van der Waals surface area contributed by atoms with Crippen LogP contribution in [0.2, 0.25) is 0 Å². The fourth-order valence-corrected chi connectivity index (χ4v) is 2.41. The summed E-state index contributed by atoms with van der Waals surface area (Å²) >= 11 is 0. The second-order valence-electron chi connectivity index (χ2n) is 6.90. The number of halogens is 1. The zero-order valence-electron chi connectivity index (χ0n) is 13.6. The predicted molar refractivity (Wildman–Crippen MR) is 87.3 cm³/mol. The van der Waals surface area contributed by atoms with Crippen molar-refractivity contribution in [3.05, 3.63) is 0 Å². The van der Waals surface area contributed by atoms with Gasteiger partial charge in [0.2, 0.25) is 11.8 Å². The molecule has 1 aliphatic heterocycles. The van der Waals surface area contributed by atoms with E-state index in [4.69, 9.17) is 5.73 Å². The normalized spacial score (nSPS) is 17.4. The van der Waals surface area contributed by atoms with Gasteiger partial charge in [-0.2, -0.15) is 0 Å².